The Balaban J connectivity index is 2.23. The maximum absolute atomic E-state index is 11.6. The van der Waals surface area contributed by atoms with Crippen LogP contribution in [-0.2, 0) is 9.59 Å². The molecule has 2 rings (SSSR count). The molecule has 1 fully saturated rings. The van der Waals surface area contributed by atoms with Gasteiger partial charge in [0.1, 0.15) is 0 Å². The van der Waals surface area contributed by atoms with Crippen LogP contribution >= 0.6 is 11.6 Å². The van der Waals surface area contributed by atoms with Crippen LogP contribution in [0.2, 0.25) is 5.02 Å². The highest BCUT2D eigenvalue weighted by Gasteiger charge is 2.29. The highest BCUT2D eigenvalue weighted by Crippen LogP contribution is 2.29. The summed E-state index contributed by atoms with van der Waals surface area (Å²) in [6, 6.07) is 4.92. The molecular formula is C12H13ClN2O3. The quantitative estimate of drug-likeness (QED) is 0.852. The third kappa shape index (κ3) is 2.63. The van der Waals surface area contributed by atoms with Crippen molar-refractivity contribution in [3.05, 3.63) is 23.2 Å². The number of hydrogen-bond donors (Lipinski definition) is 2. The number of aliphatic hydroxyl groups excluding tert-OH is 1. The van der Waals surface area contributed by atoms with Crippen LogP contribution in [0.25, 0.3) is 0 Å². The van der Waals surface area contributed by atoms with Crippen LogP contribution in [0.3, 0.4) is 0 Å². The molecule has 0 aromatic heterocycles. The fourth-order valence-corrected chi connectivity index (χ4v) is 2.12. The van der Waals surface area contributed by atoms with E-state index in [0.29, 0.717) is 16.4 Å². The number of carbonyl (C=O) groups excluding carboxylic acids is 2. The van der Waals surface area contributed by atoms with Gasteiger partial charge in [0.25, 0.3) is 0 Å². The Kier molecular flexibility index (Phi) is 3.54. The molecule has 0 bridgehead atoms. The van der Waals surface area contributed by atoms with E-state index in [1.54, 1.807) is 18.2 Å². The summed E-state index contributed by atoms with van der Waals surface area (Å²) in [6.45, 7) is 1.67. The summed E-state index contributed by atoms with van der Waals surface area (Å²) < 4.78 is 0. The van der Waals surface area contributed by atoms with E-state index in [0.717, 1.165) is 0 Å². The van der Waals surface area contributed by atoms with Gasteiger partial charge < -0.3 is 15.3 Å². The smallest absolute Gasteiger partial charge is 0.229 e. The lowest BCUT2D eigenvalue weighted by molar-refractivity contribution is -0.117. The van der Waals surface area contributed by atoms with Gasteiger partial charge in [-0.25, -0.2) is 0 Å². The van der Waals surface area contributed by atoms with Crippen LogP contribution in [0.15, 0.2) is 18.2 Å². The number of amides is 2. The van der Waals surface area contributed by atoms with E-state index in [-0.39, 0.29) is 24.8 Å². The van der Waals surface area contributed by atoms with Gasteiger partial charge in [-0.15, -0.1) is 0 Å². The van der Waals surface area contributed by atoms with Crippen LogP contribution < -0.4 is 10.2 Å². The van der Waals surface area contributed by atoms with E-state index >= 15 is 0 Å². The van der Waals surface area contributed by atoms with Crippen LogP contribution in [-0.4, -0.2) is 29.6 Å². The van der Waals surface area contributed by atoms with E-state index in [1.807, 2.05) is 0 Å². The normalized spacial score (nSPS) is 19.2. The zero-order valence-corrected chi connectivity index (χ0v) is 10.6. The number of halogens is 1. The summed E-state index contributed by atoms with van der Waals surface area (Å²) in [5.41, 5.74) is 1.12. The standard InChI is InChI=1S/C12H13ClN2O3/c1-7(16)14-11-3-2-8(4-10(11)13)15-6-9(17)5-12(15)18/h2-4,9,17H,5-6H2,1H3,(H,14,16). The Morgan fingerprint density at radius 1 is 1.56 bits per heavy atom. The number of carbonyl (C=O) groups is 2. The van der Waals surface area contributed by atoms with Crippen LogP contribution in [0.4, 0.5) is 11.4 Å². The number of aliphatic hydroxyl groups is 1. The largest absolute Gasteiger partial charge is 0.391 e. The minimum atomic E-state index is -0.633. The molecule has 0 aliphatic carbocycles. The average molecular weight is 269 g/mol. The van der Waals surface area contributed by atoms with Gasteiger partial charge in [-0.1, -0.05) is 11.6 Å². The van der Waals surface area contributed by atoms with Crippen molar-refractivity contribution in [2.24, 2.45) is 0 Å². The summed E-state index contributed by atoms with van der Waals surface area (Å²) >= 11 is 6.02. The van der Waals surface area contributed by atoms with E-state index in [2.05, 4.69) is 5.32 Å². The number of rotatable bonds is 2. The zero-order chi connectivity index (χ0) is 13.3. The second-order valence-electron chi connectivity index (χ2n) is 4.21. The van der Waals surface area contributed by atoms with Crippen molar-refractivity contribution in [1.82, 2.24) is 0 Å². The fraction of sp³-hybridized carbons (Fsp3) is 0.333. The lowest BCUT2D eigenvalue weighted by Crippen LogP contribution is -2.25. The summed E-state index contributed by atoms with van der Waals surface area (Å²) in [6.07, 6.45) is -0.503. The molecule has 1 aromatic rings. The molecule has 1 unspecified atom stereocenters. The van der Waals surface area contributed by atoms with Gasteiger partial charge >= 0.3 is 0 Å². The van der Waals surface area contributed by atoms with Gasteiger partial charge in [-0.2, -0.15) is 0 Å². The first-order valence-corrected chi connectivity index (χ1v) is 5.90. The third-order valence-electron chi connectivity index (χ3n) is 2.68. The van der Waals surface area contributed by atoms with Crippen molar-refractivity contribution >= 4 is 34.8 Å². The first-order valence-electron chi connectivity index (χ1n) is 5.53. The van der Waals surface area contributed by atoms with Gasteiger partial charge in [-0.3, -0.25) is 9.59 Å². The fourth-order valence-electron chi connectivity index (χ4n) is 1.90. The zero-order valence-electron chi connectivity index (χ0n) is 9.81. The van der Waals surface area contributed by atoms with Crippen molar-refractivity contribution in [3.63, 3.8) is 0 Å². The van der Waals surface area contributed by atoms with Crippen molar-refractivity contribution in [2.45, 2.75) is 19.4 Å². The van der Waals surface area contributed by atoms with E-state index < -0.39 is 6.10 Å². The average Bonchev–Trinajstić information content (AvgIpc) is 2.60. The molecule has 0 radical (unpaired) electrons. The Labute approximate surface area is 109 Å². The van der Waals surface area contributed by atoms with Crippen LogP contribution in [0, 0.1) is 0 Å². The molecule has 2 amide bonds. The first kappa shape index (κ1) is 12.9. The minimum absolute atomic E-state index is 0.130. The highest BCUT2D eigenvalue weighted by atomic mass is 35.5. The molecule has 2 N–H and O–H groups in total. The number of hydrogen-bond acceptors (Lipinski definition) is 3. The molecule has 1 saturated heterocycles. The predicted molar refractivity (Wildman–Crippen MR) is 68.7 cm³/mol. The SMILES string of the molecule is CC(=O)Nc1ccc(N2CC(O)CC2=O)cc1Cl. The molecule has 6 heteroatoms. The molecule has 5 nitrogen and oxygen atoms in total. The van der Waals surface area contributed by atoms with Gasteiger partial charge in [0.05, 0.1) is 29.8 Å². The monoisotopic (exact) mass is 268 g/mol. The maximum Gasteiger partial charge on any atom is 0.229 e. The Morgan fingerprint density at radius 2 is 2.28 bits per heavy atom. The van der Waals surface area contributed by atoms with Crippen molar-refractivity contribution < 1.29 is 14.7 Å². The lowest BCUT2D eigenvalue weighted by Gasteiger charge is -2.17. The number of nitrogens with one attached hydrogen (secondary N) is 1. The van der Waals surface area contributed by atoms with E-state index in [4.69, 9.17) is 11.6 Å². The van der Waals surface area contributed by atoms with Gasteiger partial charge in [0.2, 0.25) is 11.8 Å². The van der Waals surface area contributed by atoms with Gasteiger partial charge in [0.15, 0.2) is 0 Å². The molecule has 1 aliphatic heterocycles. The molecule has 1 heterocycles. The summed E-state index contributed by atoms with van der Waals surface area (Å²) in [5, 5.41) is 12.4. The molecule has 1 aliphatic rings. The Hall–Kier alpha value is -1.59. The number of nitrogens with zero attached hydrogens (tertiary/aromatic N) is 1. The van der Waals surface area contributed by atoms with E-state index in [9.17, 15) is 14.7 Å². The van der Waals surface area contributed by atoms with Crippen molar-refractivity contribution in [3.8, 4) is 0 Å². The van der Waals surface area contributed by atoms with Gasteiger partial charge in [0, 0.05) is 12.6 Å². The highest BCUT2D eigenvalue weighted by molar-refractivity contribution is 6.34. The third-order valence-corrected chi connectivity index (χ3v) is 2.99. The predicted octanol–water partition coefficient (Wildman–Crippen LogP) is 1.40. The molecule has 0 saturated carbocycles. The second-order valence-corrected chi connectivity index (χ2v) is 4.61. The molecule has 18 heavy (non-hydrogen) atoms. The van der Waals surface area contributed by atoms with Gasteiger partial charge in [-0.05, 0) is 18.2 Å². The molecule has 1 aromatic carbocycles. The molecule has 0 spiro atoms. The molecule has 1 atom stereocenters. The van der Waals surface area contributed by atoms with Crippen molar-refractivity contribution in [1.29, 1.82) is 0 Å². The maximum atomic E-state index is 11.6. The first-order chi connectivity index (χ1) is 8.47. The number of benzene rings is 1. The number of β-amino-alcohol motifs (C(OH)–C–C–N with tert-alkyl or cyclic N) is 1. The van der Waals surface area contributed by atoms with E-state index in [1.165, 1.54) is 11.8 Å². The second kappa shape index (κ2) is 4.96. The Morgan fingerprint density at radius 3 is 2.78 bits per heavy atom. The Bertz CT molecular complexity index is 504. The molecule has 96 valence electrons. The van der Waals surface area contributed by atoms with Crippen LogP contribution in [0.1, 0.15) is 13.3 Å². The number of anilines is 2. The summed E-state index contributed by atoms with van der Waals surface area (Å²) in [5.74, 6) is -0.344. The van der Waals surface area contributed by atoms with Crippen molar-refractivity contribution in [2.75, 3.05) is 16.8 Å². The van der Waals surface area contributed by atoms with Crippen LogP contribution in [0.5, 0.6) is 0 Å². The lowest BCUT2D eigenvalue weighted by atomic mass is 10.2. The molecular weight excluding hydrogens is 256 g/mol. The summed E-state index contributed by atoms with van der Waals surface area (Å²) in [7, 11) is 0. The minimum Gasteiger partial charge on any atom is -0.391 e. The summed E-state index contributed by atoms with van der Waals surface area (Å²) in [4.78, 5) is 24.0. The topological polar surface area (TPSA) is 69.6 Å².